The molecule has 17 heavy (non-hydrogen) atoms. The van der Waals surface area contributed by atoms with Gasteiger partial charge in [0, 0.05) is 19.6 Å². The summed E-state index contributed by atoms with van der Waals surface area (Å²) in [6.07, 6.45) is 1.61. The van der Waals surface area contributed by atoms with Gasteiger partial charge in [-0.25, -0.2) is 0 Å². The van der Waals surface area contributed by atoms with Crippen molar-refractivity contribution in [3.8, 4) is 0 Å². The summed E-state index contributed by atoms with van der Waals surface area (Å²) in [4.78, 5) is 14.4. The summed E-state index contributed by atoms with van der Waals surface area (Å²) < 4.78 is 0. The van der Waals surface area contributed by atoms with Crippen LogP contribution in [0, 0.1) is 5.41 Å². The SMILES string of the molecule is CCN(CC)CCNC(=O)C(CC)(CC)CN. The molecule has 1 amide bonds. The molecule has 0 atom stereocenters. The van der Waals surface area contributed by atoms with Crippen LogP contribution in [0.4, 0.5) is 0 Å². The molecule has 0 spiro atoms. The summed E-state index contributed by atoms with van der Waals surface area (Å²) in [5, 5.41) is 3.01. The lowest BCUT2D eigenvalue weighted by atomic mass is 9.81. The number of amides is 1. The number of nitrogens with two attached hydrogens (primary N) is 1. The van der Waals surface area contributed by atoms with Gasteiger partial charge in [-0.05, 0) is 25.9 Å². The molecule has 4 nitrogen and oxygen atoms in total. The van der Waals surface area contributed by atoms with E-state index < -0.39 is 0 Å². The summed E-state index contributed by atoms with van der Waals surface area (Å²) in [6.45, 7) is 12.4. The van der Waals surface area contributed by atoms with Crippen LogP contribution in [0.5, 0.6) is 0 Å². The highest BCUT2D eigenvalue weighted by Gasteiger charge is 2.32. The maximum Gasteiger partial charge on any atom is 0.227 e. The minimum Gasteiger partial charge on any atom is -0.354 e. The van der Waals surface area contributed by atoms with Crippen LogP contribution < -0.4 is 11.1 Å². The first-order valence-electron chi connectivity index (χ1n) is 6.80. The van der Waals surface area contributed by atoms with E-state index in [1.165, 1.54) is 0 Å². The Kier molecular flexibility index (Phi) is 8.17. The molecule has 0 aliphatic rings. The van der Waals surface area contributed by atoms with Crippen molar-refractivity contribution in [2.24, 2.45) is 11.1 Å². The highest BCUT2D eigenvalue weighted by Crippen LogP contribution is 2.24. The Morgan fingerprint density at radius 1 is 1.18 bits per heavy atom. The van der Waals surface area contributed by atoms with Crippen LogP contribution in [0.25, 0.3) is 0 Å². The summed E-state index contributed by atoms with van der Waals surface area (Å²) in [6, 6.07) is 0. The van der Waals surface area contributed by atoms with Crippen LogP contribution >= 0.6 is 0 Å². The minimum absolute atomic E-state index is 0.108. The standard InChI is InChI=1S/C13H29N3O/c1-5-13(6-2,11-14)12(17)15-9-10-16(7-3)8-4/h5-11,14H2,1-4H3,(H,15,17). The number of rotatable bonds is 9. The Bertz CT molecular complexity index is 202. The monoisotopic (exact) mass is 243 g/mol. The number of hydrogen-bond donors (Lipinski definition) is 2. The first-order valence-corrected chi connectivity index (χ1v) is 6.80. The summed E-state index contributed by atoms with van der Waals surface area (Å²) in [5.41, 5.74) is 5.37. The number of likely N-dealkylation sites (N-methyl/N-ethyl adjacent to an activating group) is 1. The smallest absolute Gasteiger partial charge is 0.227 e. The Balaban J connectivity index is 4.16. The van der Waals surface area contributed by atoms with Gasteiger partial charge in [0.2, 0.25) is 5.91 Å². The van der Waals surface area contributed by atoms with E-state index in [0.717, 1.165) is 32.5 Å². The average Bonchev–Trinajstić information content (AvgIpc) is 2.37. The summed E-state index contributed by atoms with van der Waals surface area (Å²) >= 11 is 0. The lowest BCUT2D eigenvalue weighted by Crippen LogP contribution is -2.47. The van der Waals surface area contributed by atoms with Crippen molar-refractivity contribution < 1.29 is 4.79 Å². The van der Waals surface area contributed by atoms with Gasteiger partial charge in [0.25, 0.3) is 0 Å². The molecule has 0 saturated carbocycles. The Morgan fingerprint density at radius 3 is 2.06 bits per heavy atom. The lowest BCUT2D eigenvalue weighted by Gasteiger charge is -2.29. The van der Waals surface area contributed by atoms with E-state index in [4.69, 9.17) is 5.73 Å². The second kappa shape index (κ2) is 8.48. The Morgan fingerprint density at radius 2 is 1.71 bits per heavy atom. The fraction of sp³-hybridized carbons (Fsp3) is 0.923. The molecular formula is C13H29N3O. The zero-order valence-electron chi connectivity index (χ0n) is 11.9. The first kappa shape index (κ1) is 16.4. The molecule has 0 aliphatic carbocycles. The fourth-order valence-electron chi connectivity index (χ4n) is 2.01. The van der Waals surface area contributed by atoms with Gasteiger partial charge in [0.15, 0.2) is 0 Å². The molecule has 0 aromatic heterocycles. The highest BCUT2D eigenvalue weighted by atomic mass is 16.2. The van der Waals surface area contributed by atoms with Crippen LogP contribution in [-0.4, -0.2) is 43.5 Å². The molecule has 0 bridgehead atoms. The second-order valence-corrected chi connectivity index (χ2v) is 4.47. The molecule has 3 N–H and O–H groups in total. The zero-order valence-corrected chi connectivity index (χ0v) is 11.9. The molecule has 0 aliphatic heterocycles. The third-order valence-corrected chi connectivity index (χ3v) is 3.83. The molecule has 0 aromatic carbocycles. The second-order valence-electron chi connectivity index (χ2n) is 4.47. The Hall–Kier alpha value is -0.610. The predicted molar refractivity (Wildman–Crippen MR) is 72.9 cm³/mol. The largest absolute Gasteiger partial charge is 0.354 e. The van der Waals surface area contributed by atoms with Gasteiger partial charge in [-0.3, -0.25) is 4.79 Å². The molecule has 0 aromatic rings. The molecule has 102 valence electrons. The van der Waals surface area contributed by atoms with Gasteiger partial charge < -0.3 is 16.0 Å². The predicted octanol–water partition coefficient (Wildman–Crippen LogP) is 1.21. The van der Waals surface area contributed by atoms with Crippen molar-refractivity contribution in [2.45, 2.75) is 40.5 Å². The molecule has 0 rings (SSSR count). The van der Waals surface area contributed by atoms with Crippen molar-refractivity contribution in [3.05, 3.63) is 0 Å². The van der Waals surface area contributed by atoms with E-state index in [0.29, 0.717) is 13.1 Å². The number of carbonyl (C=O) groups is 1. The van der Waals surface area contributed by atoms with Gasteiger partial charge >= 0.3 is 0 Å². The minimum atomic E-state index is -0.372. The van der Waals surface area contributed by atoms with Crippen LogP contribution in [0.2, 0.25) is 0 Å². The van der Waals surface area contributed by atoms with E-state index >= 15 is 0 Å². The van der Waals surface area contributed by atoms with Crippen molar-refractivity contribution in [3.63, 3.8) is 0 Å². The average molecular weight is 243 g/mol. The molecule has 0 fully saturated rings. The van der Waals surface area contributed by atoms with Gasteiger partial charge in [-0.1, -0.05) is 27.7 Å². The van der Waals surface area contributed by atoms with Crippen LogP contribution in [0.3, 0.4) is 0 Å². The topological polar surface area (TPSA) is 58.4 Å². The quantitative estimate of drug-likeness (QED) is 0.640. The molecule has 0 saturated heterocycles. The molecule has 0 unspecified atom stereocenters. The first-order chi connectivity index (χ1) is 8.10. The van der Waals surface area contributed by atoms with Crippen molar-refractivity contribution in [2.75, 3.05) is 32.7 Å². The van der Waals surface area contributed by atoms with Gasteiger partial charge in [0.1, 0.15) is 0 Å². The molecular weight excluding hydrogens is 214 g/mol. The van der Waals surface area contributed by atoms with E-state index in [2.05, 4.69) is 24.1 Å². The molecule has 0 heterocycles. The number of nitrogens with one attached hydrogen (secondary N) is 1. The van der Waals surface area contributed by atoms with E-state index in [1.54, 1.807) is 0 Å². The maximum absolute atomic E-state index is 12.1. The van der Waals surface area contributed by atoms with E-state index in [9.17, 15) is 4.79 Å². The number of hydrogen-bond acceptors (Lipinski definition) is 3. The van der Waals surface area contributed by atoms with Gasteiger partial charge in [0.05, 0.1) is 5.41 Å². The normalized spacial score (nSPS) is 11.9. The Labute approximate surface area is 106 Å². The summed E-state index contributed by atoms with van der Waals surface area (Å²) in [7, 11) is 0. The highest BCUT2D eigenvalue weighted by molar-refractivity contribution is 5.82. The van der Waals surface area contributed by atoms with Gasteiger partial charge in [-0.15, -0.1) is 0 Å². The van der Waals surface area contributed by atoms with Gasteiger partial charge in [-0.2, -0.15) is 0 Å². The molecule has 0 radical (unpaired) electrons. The van der Waals surface area contributed by atoms with E-state index in [-0.39, 0.29) is 11.3 Å². The molecule has 4 heteroatoms. The zero-order chi connectivity index (χ0) is 13.3. The van der Waals surface area contributed by atoms with Crippen molar-refractivity contribution >= 4 is 5.91 Å². The van der Waals surface area contributed by atoms with E-state index in [1.807, 2.05) is 13.8 Å². The van der Waals surface area contributed by atoms with Crippen LogP contribution in [-0.2, 0) is 4.79 Å². The number of nitrogens with zero attached hydrogens (tertiary/aromatic N) is 1. The maximum atomic E-state index is 12.1. The third kappa shape index (κ3) is 4.64. The fourth-order valence-corrected chi connectivity index (χ4v) is 2.01. The lowest BCUT2D eigenvalue weighted by molar-refractivity contribution is -0.131. The number of carbonyl (C=O) groups excluding carboxylic acids is 1. The van der Waals surface area contributed by atoms with Crippen LogP contribution in [0.15, 0.2) is 0 Å². The van der Waals surface area contributed by atoms with Crippen molar-refractivity contribution in [1.29, 1.82) is 0 Å². The van der Waals surface area contributed by atoms with Crippen molar-refractivity contribution in [1.82, 2.24) is 10.2 Å². The summed E-state index contributed by atoms with van der Waals surface area (Å²) in [5.74, 6) is 0.108. The third-order valence-electron chi connectivity index (χ3n) is 3.83. The van der Waals surface area contributed by atoms with Crippen LogP contribution in [0.1, 0.15) is 40.5 Å².